The summed E-state index contributed by atoms with van der Waals surface area (Å²) in [5.41, 5.74) is 0. The van der Waals surface area contributed by atoms with E-state index in [0.717, 1.165) is 12.5 Å². The van der Waals surface area contributed by atoms with Crippen LogP contribution in [0.5, 0.6) is 0 Å². The Bertz CT molecular complexity index is 125. The molecule has 64 valence electrons. The van der Waals surface area contributed by atoms with Gasteiger partial charge in [0.05, 0.1) is 12.7 Å². The van der Waals surface area contributed by atoms with Gasteiger partial charge in [0.25, 0.3) is 0 Å². The lowest BCUT2D eigenvalue weighted by Gasteiger charge is -2.03. The molecule has 1 nitrogen and oxygen atoms in total. The van der Waals surface area contributed by atoms with E-state index in [4.69, 9.17) is 4.74 Å². The minimum atomic E-state index is 0.618. The molecule has 1 aliphatic heterocycles. The first-order chi connectivity index (χ1) is 5.33. The normalized spacial score (nSPS) is 25.8. The Kier molecular flexibility index (Phi) is 3.64. The molecule has 0 bridgehead atoms. The quantitative estimate of drug-likeness (QED) is 0.438. The molecule has 1 rings (SSSR count). The van der Waals surface area contributed by atoms with Gasteiger partial charge < -0.3 is 4.74 Å². The van der Waals surface area contributed by atoms with Crippen LogP contribution in [0.25, 0.3) is 0 Å². The Hall–Kier alpha value is -0.300. The maximum Gasteiger partial charge on any atom is 0.0810 e. The molecule has 0 radical (unpaired) electrons. The van der Waals surface area contributed by atoms with Crippen LogP contribution in [0.4, 0.5) is 0 Å². The summed E-state index contributed by atoms with van der Waals surface area (Å²) in [6, 6.07) is 0. The number of ether oxygens (including phenoxy) is 1. The van der Waals surface area contributed by atoms with Crippen LogP contribution in [0, 0.1) is 5.92 Å². The van der Waals surface area contributed by atoms with Gasteiger partial charge in [-0.15, -0.1) is 0 Å². The molecule has 1 heteroatoms. The SMILES string of the molecule is C/C=C\[C@@H](C)CCC[C@@H]1CO1. The summed E-state index contributed by atoms with van der Waals surface area (Å²) in [6.07, 6.45) is 8.92. The van der Waals surface area contributed by atoms with Crippen LogP contribution in [-0.2, 0) is 4.74 Å². The molecule has 0 N–H and O–H groups in total. The van der Waals surface area contributed by atoms with Crippen molar-refractivity contribution < 1.29 is 4.74 Å². The Morgan fingerprint density at radius 1 is 1.64 bits per heavy atom. The summed E-state index contributed by atoms with van der Waals surface area (Å²) in [4.78, 5) is 0. The highest BCUT2D eigenvalue weighted by Gasteiger charge is 2.21. The highest BCUT2D eigenvalue weighted by Crippen LogP contribution is 2.18. The summed E-state index contributed by atoms with van der Waals surface area (Å²) >= 11 is 0. The van der Waals surface area contributed by atoms with Crippen molar-refractivity contribution in [1.29, 1.82) is 0 Å². The second-order valence-corrected chi connectivity index (χ2v) is 3.39. The number of epoxide rings is 1. The van der Waals surface area contributed by atoms with E-state index in [1.165, 1.54) is 19.3 Å². The van der Waals surface area contributed by atoms with Gasteiger partial charge in [-0.1, -0.05) is 25.5 Å². The first-order valence-corrected chi connectivity index (χ1v) is 4.57. The molecular weight excluding hydrogens is 136 g/mol. The molecule has 2 atom stereocenters. The van der Waals surface area contributed by atoms with E-state index in [2.05, 4.69) is 26.0 Å². The van der Waals surface area contributed by atoms with Crippen LogP contribution in [0.3, 0.4) is 0 Å². The number of allylic oxidation sites excluding steroid dienone is 2. The number of rotatable bonds is 5. The zero-order valence-electron chi connectivity index (χ0n) is 7.55. The van der Waals surface area contributed by atoms with E-state index < -0.39 is 0 Å². The van der Waals surface area contributed by atoms with E-state index in [1.54, 1.807) is 0 Å². The van der Waals surface area contributed by atoms with E-state index in [9.17, 15) is 0 Å². The van der Waals surface area contributed by atoms with Crippen LogP contribution in [0.2, 0.25) is 0 Å². The largest absolute Gasteiger partial charge is 0.373 e. The standard InChI is InChI=1S/C10H18O/c1-3-5-9(2)6-4-7-10-8-11-10/h3,5,9-10H,4,6-8H2,1-2H3/b5-3-/t9-,10-/m1/s1. The number of hydrogen-bond acceptors (Lipinski definition) is 1. The fourth-order valence-corrected chi connectivity index (χ4v) is 1.33. The molecule has 1 saturated heterocycles. The Balaban J connectivity index is 1.92. The summed E-state index contributed by atoms with van der Waals surface area (Å²) in [5, 5.41) is 0. The van der Waals surface area contributed by atoms with Crippen LogP contribution >= 0.6 is 0 Å². The van der Waals surface area contributed by atoms with Crippen LogP contribution in [0.15, 0.2) is 12.2 Å². The maximum absolute atomic E-state index is 5.13. The minimum Gasteiger partial charge on any atom is -0.373 e. The lowest BCUT2D eigenvalue weighted by molar-refractivity contribution is 0.385. The monoisotopic (exact) mass is 154 g/mol. The Labute approximate surface area is 69.4 Å². The van der Waals surface area contributed by atoms with Gasteiger partial charge in [0.15, 0.2) is 0 Å². The third-order valence-corrected chi connectivity index (χ3v) is 2.11. The molecule has 0 unspecified atom stereocenters. The molecule has 0 saturated carbocycles. The zero-order valence-corrected chi connectivity index (χ0v) is 7.55. The second kappa shape index (κ2) is 4.55. The van der Waals surface area contributed by atoms with E-state index in [0.29, 0.717) is 6.10 Å². The molecule has 11 heavy (non-hydrogen) atoms. The predicted molar refractivity (Wildman–Crippen MR) is 47.6 cm³/mol. The molecule has 0 aromatic carbocycles. The summed E-state index contributed by atoms with van der Waals surface area (Å²) in [6.45, 7) is 5.37. The van der Waals surface area contributed by atoms with Crippen molar-refractivity contribution in [2.75, 3.05) is 6.61 Å². The fourth-order valence-electron chi connectivity index (χ4n) is 1.33. The van der Waals surface area contributed by atoms with Crippen molar-refractivity contribution in [2.45, 2.75) is 39.2 Å². The highest BCUT2D eigenvalue weighted by atomic mass is 16.6. The molecular formula is C10H18O. The third kappa shape index (κ3) is 4.20. The van der Waals surface area contributed by atoms with Crippen molar-refractivity contribution in [3.8, 4) is 0 Å². The summed E-state index contributed by atoms with van der Waals surface area (Å²) in [7, 11) is 0. The lowest BCUT2D eigenvalue weighted by Crippen LogP contribution is -1.92. The smallest absolute Gasteiger partial charge is 0.0810 e. The Morgan fingerprint density at radius 3 is 2.91 bits per heavy atom. The van der Waals surface area contributed by atoms with E-state index >= 15 is 0 Å². The van der Waals surface area contributed by atoms with Crippen molar-refractivity contribution >= 4 is 0 Å². The van der Waals surface area contributed by atoms with Gasteiger partial charge in [0, 0.05) is 0 Å². The van der Waals surface area contributed by atoms with E-state index in [1.807, 2.05) is 0 Å². The average molecular weight is 154 g/mol. The predicted octanol–water partition coefficient (Wildman–Crippen LogP) is 2.77. The molecule has 0 spiro atoms. The van der Waals surface area contributed by atoms with Crippen LogP contribution in [0.1, 0.15) is 33.1 Å². The van der Waals surface area contributed by atoms with Gasteiger partial charge in [-0.2, -0.15) is 0 Å². The molecule has 0 aromatic rings. The van der Waals surface area contributed by atoms with E-state index in [-0.39, 0.29) is 0 Å². The molecule has 1 fully saturated rings. The van der Waals surface area contributed by atoms with Crippen LogP contribution < -0.4 is 0 Å². The van der Waals surface area contributed by atoms with Gasteiger partial charge in [-0.25, -0.2) is 0 Å². The van der Waals surface area contributed by atoms with Gasteiger partial charge in [0.2, 0.25) is 0 Å². The Morgan fingerprint density at radius 2 is 2.36 bits per heavy atom. The number of hydrogen-bond donors (Lipinski definition) is 0. The molecule has 0 aliphatic carbocycles. The van der Waals surface area contributed by atoms with Crippen molar-refractivity contribution in [3.05, 3.63) is 12.2 Å². The topological polar surface area (TPSA) is 12.5 Å². The molecule has 0 amide bonds. The van der Waals surface area contributed by atoms with Crippen molar-refractivity contribution in [3.63, 3.8) is 0 Å². The average Bonchev–Trinajstić information content (AvgIpc) is 2.72. The highest BCUT2D eigenvalue weighted by molar-refractivity contribution is 4.83. The first kappa shape index (κ1) is 8.79. The molecule has 1 aliphatic rings. The van der Waals surface area contributed by atoms with Crippen molar-refractivity contribution in [1.82, 2.24) is 0 Å². The van der Waals surface area contributed by atoms with Crippen LogP contribution in [-0.4, -0.2) is 12.7 Å². The minimum absolute atomic E-state index is 0.618. The second-order valence-electron chi connectivity index (χ2n) is 3.39. The maximum atomic E-state index is 5.13. The third-order valence-electron chi connectivity index (χ3n) is 2.11. The first-order valence-electron chi connectivity index (χ1n) is 4.57. The van der Waals surface area contributed by atoms with Gasteiger partial charge in [-0.05, 0) is 25.7 Å². The summed E-state index contributed by atoms with van der Waals surface area (Å²) < 4.78 is 5.13. The molecule has 1 heterocycles. The van der Waals surface area contributed by atoms with Crippen molar-refractivity contribution in [2.24, 2.45) is 5.92 Å². The lowest BCUT2D eigenvalue weighted by atomic mass is 10.0. The van der Waals surface area contributed by atoms with Gasteiger partial charge in [0.1, 0.15) is 0 Å². The zero-order chi connectivity index (χ0) is 8.10. The fraction of sp³-hybridized carbons (Fsp3) is 0.800. The summed E-state index contributed by atoms with van der Waals surface area (Å²) in [5.74, 6) is 0.749. The molecule has 0 aromatic heterocycles. The van der Waals surface area contributed by atoms with Gasteiger partial charge >= 0.3 is 0 Å². The van der Waals surface area contributed by atoms with Gasteiger partial charge in [-0.3, -0.25) is 0 Å².